The first-order valence-electron chi connectivity index (χ1n) is 9.43. The molecule has 1 aliphatic rings. The summed E-state index contributed by atoms with van der Waals surface area (Å²) in [7, 11) is 2.60. The summed E-state index contributed by atoms with van der Waals surface area (Å²) in [5, 5.41) is 0. The smallest absolute Gasteiger partial charge is 0.329 e. The Labute approximate surface area is 169 Å². The molecule has 0 spiro atoms. The van der Waals surface area contributed by atoms with Crippen LogP contribution in [0, 0.1) is 5.92 Å². The summed E-state index contributed by atoms with van der Waals surface area (Å²) in [6, 6.07) is 17.3. The summed E-state index contributed by atoms with van der Waals surface area (Å²) in [5.41, 5.74) is 1.37. The van der Waals surface area contributed by atoms with Gasteiger partial charge in [0.1, 0.15) is 6.04 Å². The number of anilines is 2. The Hall–Kier alpha value is -3.35. The molecular weight excluding hydrogens is 372 g/mol. The van der Waals surface area contributed by atoms with Crippen LogP contribution < -0.4 is 4.90 Å². The highest BCUT2D eigenvalue weighted by Crippen LogP contribution is 2.31. The van der Waals surface area contributed by atoms with Gasteiger partial charge in [-0.15, -0.1) is 0 Å². The second kappa shape index (κ2) is 9.23. The van der Waals surface area contributed by atoms with Crippen molar-refractivity contribution in [3.05, 3.63) is 60.7 Å². The van der Waals surface area contributed by atoms with Gasteiger partial charge in [0.15, 0.2) is 0 Å². The fraction of sp³-hybridized carbons (Fsp3) is 0.318. The molecule has 29 heavy (non-hydrogen) atoms. The van der Waals surface area contributed by atoms with E-state index in [9.17, 15) is 14.4 Å². The molecule has 1 saturated heterocycles. The van der Waals surface area contributed by atoms with Crippen molar-refractivity contribution >= 4 is 29.3 Å². The van der Waals surface area contributed by atoms with Crippen molar-refractivity contribution in [3.63, 3.8) is 0 Å². The Balaban J connectivity index is 1.95. The molecule has 0 saturated carbocycles. The maximum Gasteiger partial charge on any atom is 0.329 e. The van der Waals surface area contributed by atoms with Crippen molar-refractivity contribution in [2.45, 2.75) is 18.9 Å². The predicted octanol–water partition coefficient (Wildman–Crippen LogP) is 3.37. The van der Waals surface area contributed by atoms with E-state index in [4.69, 9.17) is 9.47 Å². The Morgan fingerprint density at radius 2 is 1.38 bits per heavy atom. The standard InChI is InChI=1S/C22H24N2O5/c1-28-20(25)16-13-14-23(19(15-16)21(26)29-2)22(27)24(17-9-5-3-6-10-17)18-11-7-4-8-12-18/h3-12,16,19H,13-15H2,1-2H3. The number of methoxy groups -OCH3 is 2. The van der Waals surface area contributed by atoms with Crippen molar-refractivity contribution < 1.29 is 23.9 Å². The van der Waals surface area contributed by atoms with Gasteiger partial charge in [0.25, 0.3) is 0 Å². The third-order valence-electron chi connectivity index (χ3n) is 5.08. The van der Waals surface area contributed by atoms with Gasteiger partial charge in [0.05, 0.1) is 31.5 Å². The van der Waals surface area contributed by atoms with E-state index in [1.165, 1.54) is 19.1 Å². The number of amides is 2. The van der Waals surface area contributed by atoms with Gasteiger partial charge in [-0.25, -0.2) is 9.59 Å². The first-order valence-corrected chi connectivity index (χ1v) is 9.43. The molecule has 0 bridgehead atoms. The van der Waals surface area contributed by atoms with Crippen LogP contribution in [0.1, 0.15) is 12.8 Å². The van der Waals surface area contributed by atoms with Crippen LogP contribution in [-0.4, -0.2) is 49.7 Å². The summed E-state index contributed by atoms with van der Waals surface area (Å²) in [6.07, 6.45) is 0.589. The molecule has 2 atom stereocenters. The Kier molecular flexibility index (Phi) is 6.49. The molecule has 0 radical (unpaired) electrons. The lowest BCUT2D eigenvalue weighted by atomic mass is 9.91. The van der Waals surface area contributed by atoms with E-state index >= 15 is 0 Å². The highest BCUT2D eigenvalue weighted by atomic mass is 16.5. The quantitative estimate of drug-likeness (QED) is 0.741. The highest BCUT2D eigenvalue weighted by molar-refractivity contribution is 6.01. The molecule has 0 aliphatic carbocycles. The number of ether oxygens (including phenoxy) is 2. The van der Waals surface area contributed by atoms with Gasteiger partial charge < -0.3 is 14.4 Å². The van der Waals surface area contributed by atoms with E-state index in [0.29, 0.717) is 17.8 Å². The maximum atomic E-state index is 13.6. The number of carbonyl (C=O) groups is 3. The summed E-state index contributed by atoms with van der Waals surface area (Å²) in [6.45, 7) is 0.245. The molecule has 1 heterocycles. The molecule has 1 fully saturated rings. The number of hydrogen-bond acceptors (Lipinski definition) is 5. The van der Waals surface area contributed by atoms with Crippen LogP contribution in [0.4, 0.5) is 16.2 Å². The number of piperidine rings is 1. The predicted molar refractivity (Wildman–Crippen MR) is 108 cm³/mol. The van der Waals surface area contributed by atoms with Crippen molar-refractivity contribution in [2.24, 2.45) is 5.92 Å². The zero-order valence-corrected chi connectivity index (χ0v) is 16.5. The monoisotopic (exact) mass is 396 g/mol. The summed E-state index contributed by atoms with van der Waals surface area (Å²) in [4.78, 5) is 41.1. The first kappa shape index (κ1) is 20.4. The third kappa shape index (κ3) is 4.39. The van der Waals surface area contributed by atoms with Gasteiger partial charge in [-0.1, -0.05) is 36.4 Å². The fourth-order valence-electron chi connectivity index (χ4n) is 3.59. The molecule has 0 aromatic heterocycles. The molecular formula is C22H24N2O5. The second-order valence-corrected chi connectivity index (χ2v) is 6.77. The van der Waals surface area contributed by atoms with Crippen LogP contribution in [0.5, 0.6) is 0 Å². The number of hydrogen-bond donors (Lipinski definition) is 0. The van der Waals surface area contributed by atoms with E-state index in [-0.39, 0.29) is 25.0 Å². The molecule has 0 N–H and O–H groups in total. The molecule has 152 valence electrons. The number of rotatable bonds is 4. The third-order valence-corrected chi connectivity index (χ3v) is 5.08. The molecule has 2 amide bonds. The minimum Gasteiger partial charge on any atom is -0.469 e. The van der Waals surface area contributed by atoms with Gasteiger partial charge in [-0.3, -0.25) is 9.69 Å². The summed E-state index contributed by atoms with van der Waals surface area (Å²) >= 11 is 0. The minimum absolute atomic E-state index is 0.169. The van der Waals surface area contributed by atoms with Gasteiger partial charge in [0.2, 0.25) is 0 Å². The van der Waals surface area contributed by atoms with Gasteiger partial charge >= 0.3 is 18.0 Å². The van der Waals surface area contributed by atoms with Crippen LogP contribution in [0.3, 0.4) is 0 Å². The number of para-hydroxylation sites is 2. The Morgan fingerprint density at radius 1 is 0.862 bits per heavy atom. The number of likely N-dealkylation sites (tertiary alicyclic amines) is 1. The van der Waals surface area contributed by atoms with Crippen molar-refractivity contribution in [1.82, 2.24) is 4.90 Å². The lowest BCUT2D eigenvalue weighted by Crippen LogP contribution is -2.55. The summed E-state index contributed by atoms with van der Waals surface area (Å²) < 4.78 is 9.75. The minimum atomic E-state index is -0.861. The Morgan fingerprint density at radius 3 is 1.86 bits per heavy atom. The summed E-state index contributed by atoms with van der Waals surface area (Å²) in [5.74, 6) is -1.38. The first-order chi connectivity index (χ1) is 14.1. The van der Waals surface area contributed by atoms with Gasteiger partial charge in [0, 0.05) is 6.54 Å². The maximum absolute atomic E-state index is 13.6. The lowest BCUT2D eigenvalue weighted by Gasteiger charge is -2.39. The van der Waals surface area contributed by atoms with Crippen molar-refractivity contribution in [2.75, 3.05) is 25.7 Å². The molecule has 1 aliphatic heterocycles. The number of esters is 2. The number of urea groups is 1. The van der Waals surface area contributed by atoms with Crippen molar-refractivity contribution in [1.29, 1.82) is 0 Å². The average Bonchev–Trinajstić information content (AvgIpc) is 2.79. The van der Waals surface area contributed by atoms with E-state index in [1.807, 2.05) is 60.7 Å². The number of carbonyl (C=O) groups excluding carboxylic acids is 3. The largest absolute Gasteiger partial charge is 0.469 e. The second-order valence-electron chi connectivity index (χ2n) is 6.77. The lowest BCUT2D eigenvalue weighted by molar-refractivity contribution is -0.152. The van der Waals surface area contributed by atoms with E-state index in [1.54, 1.807) is 4.90 Å². The van der Waals surface area contributed by atoms with E-state index in [2.05, 4.69) is 0 Å². The normalized spacial score (nSPS) is 18.6. The molecule has 2 aromatic rings. The Bertz CT molecular complexity index is 817. The molecule has 2 aromatic carbocycles. The topological polar surface area (TPSA) is 76.2 Å². The van der Waals surface area contributed by atoms with E-state index < -0.39 is 17.9 Å². The van der Waals surface area contributed by atoms with Crippen molar-refractivity contribution in [3.8, 4) is 0 Å². The highest BCUT2D eigenvalue weighted by Gasteiger charge is 2.41. The van der Waals surface area contributed by atoms with Crippen LogP contribution in [-0.2, 0) is 19.1 Å². The number of nitrogens with zero attached hydrogens (tertiary/aromatic N) is 2. The van der Waals surface area contributed by atoms with Crippen LogP contribution in [0.25, 0.3) is 0 Å². The van der Waals surface area contributed by atoms with Crippen LogP contribution in [0.15, 0.2) is 60.7 Å². The fourth-order valence-corrected chi connectivity index (χ4v) is 3.59. The van der Waals surface area contributed by atoms with Crippen LogP contribution >= 0.6 is 0 Å². The zero-order valence-electron chi connectivity index (χ0n) is 16.5. The SMILES string of the molecule is COC(=O)C1CCN(C(=O)N(c2ccccc2)c2ccccc2)C(C(=O)OC)C1. The van der Waals surface area contributed by atoms with Gasteiger partial charge in [-0.05, 0) is 37.1 Å². The molecule has 3 rings (SSSR count). The zero-order chi connectivity index (χ0) is 20.8. The van der Waals surface area contributed by atoms with E-state index in [0.717, 1.165) is 0 Å². The van der Waals surface area contributed by atoms with Gasteiger partial charge in [-0.2, -0.15) is 0 Å². The van der Waals surface area contributed by atoms with Crippen LogP contribution in [0.2, 0.25) is 0 Å². The molecule has 7 heteroatoms. The number of benzene rings is 2. The average molecular weight is 396 g/mol. The molecule has 7 nitrogen and oxygen atoms in total. The molecule has 2 unspecified atom stereocenters.